The Balaban J connectivity index is 1.42. The molecule has 1 N–H and O–H groups in total. The van der Waals surface area contributed by atoms with Crippen molar-refractivity contribution in [3.63, 3.8) is 0 Å². The predicted octanol–water partition coefficient (Wildman–Crippen LogP) is 6.92. The molecule has 0 unspecified atom stereocenters. The van der Waals surface area contributed by atoms with Gasteiger partial charge in [0, 0.05) is 33.4 Å². The summed E-state index contributed by atoms with van der Waals surface area (Å²) in [5.41, 5.74) is 4.15. The smallest absolute Gasteiger partial charge is 0.303 e. The number of rotatable bonds is 6. The number of pyridine rings is 1. The summed E-state index contributed by atoms with van der Waals surface area (Å²) in [4.78, 5) is 38.3. The first-order chi connectivity index (χ1) is 19.5. The molecule has 7 aromatic rings. The van der Waals surface area contributed by atoms with Gasteiger partial charge in [0.2, 0.25) is 0 Å². The molecule has 0 aliphatic rings. The highest BCUT2D eigenvalue weighted by Gasteiger charge is 2.20. The Hall–Kier alpha value is -5.23. The molecule has 0 radical (unpaired) electrons. The summed E-state index contributed by atoms with van der Waals surface area (Å²) in [6, 6.07) is 30.6. The molecule has 194 valence electrons. The average Bonchev–Trinajstić information content (AvgIpc) is 2.98. The van der Waals surface area contributed by atoms with Crippen LogP contribution in [0.15, 0.2) is 111 Å². The Morgan fingerprint density at radius 2 is 1.35 bits per heavy atom. The molecule has 6 heteroatoms. The molecule has 7 rings (SSSR count). The SMILES string of the molecule is O=C(O)CCCc1ccc(-n2c(=O)c3ccc4oc5ccc(-c6ccccc6)cc5c5ccc(c2=O)c3c45)cc1. The van der Waals surface area contributed by atoms with Gasteiger partial charge in [-0.3, -0.25) is 14.4 Å². The molecule has 2 aromatic heterocycles. The number of hydrogen-bond acceptors (Lipinski definition) is 4. The third kappa shape index (κ3) is 3.76. The van der Waals surface area contributed by atoms with Crippen LogP contribution in [-0.4, -0.2) is 15.6 Å². The maximum absolute atomic E-state index is 13.8. The molecule has 0 saturated carbocycles. The van der Waals surface area contributed by atoms with Crippen LogP contribution in [0.4, 0.5) is 0 Å². The van der Waals surface area contributed by atoms with Crippen LogP contribution >= 0.6 is 0 Å². The van der Waals surface area contributed by atoms with Gasteiger partial charge in [-0.2, -0.15) is 0 Å². The van der Waals surface area contributed by atoms with Gasteiger partial charge < -0.3 is 9.52 Å². The van der Waals surface area contributed by atoms with E-state index in [-0.39, 0.29) is 17.5 Å². The highest BCUT2D eigenvalue weighted by molar-refractivity contribution is 6.26. The first-order valence-corrected chi connectivity index (χ1v) is 13.2. The number of carboxylic acids is 1. The van der Waals surface area contributed by atoms with Crippen LogP contribution in [0, 0.1) is 0 Å². The normalized spacial score (nSPS) is 11.7. The zero-order chi connectivity index (χ0) is 27.4. The minimum absolute atomic E-state index is 0.0946. The number of aromatic nitrogens is 1. The average molecular weight is 526 g/mol. The van der Waals surface area contributed by atoms with Gasteiger partial charge in [0.15, 0.2) is 0 Å². The summed E-state index contributed by atoms with van der Waals surface area (Å²) in [6.45, 7) is 0. The van der Waals surface area contributed by atoms with Crippen LogP contribution in [0.2, 0.25) is 0 Å². The summed E-state index contributed by atoms with van der Waals surface area (Å²) < 4.78 is 7.50. The second-order valence-corrected chi connectivity index (χ2v) is 10.1. The zero-order valence-corrected chi connectivity index (χ0v) is 21.4. The fraction of sp³-hybridized carbons (Fsp3) is 0.0882. The first-order valence-electron chi connectivity index (χ1n) is 13.2. The number of nitrogens with zero attached hydrogens (tertiary/aromatic N) is 1. The Bertz CT molecular complexity index is 2160. The Labute approximate surface area is 227 Å². The maximum Gasteiger partial charge on any atom is 0.303 e. The van der Waals surface area contributed by atoms with Gasteiger partial charge in [-0.25, -0.2) is 4.57 Å². The minimum Gasteiger partial charge on any atom is -0.481 e. The van der Waals surface area contributed by atoms with Crippen molar-refractivity contribution >= 4 is 49.5 Å². The summed E-state index contributed by atoms with van der Waals surface area (Å²) >= 11 is 0. The highest BCUT2D eigenvalue weighted by Crippen LogP contribution is 2.38. The van der Waals surface area contributed by atoms with Gasteiger partial charge in [0.05, 0.1) is 5.69 Å². The van der Waals surface area contributed by atoms with Crippen molar-refractivity contribution < 1.29 is 14.3 Å². The van der Waals surface area contributed by atoms with Crippen LogP contribution < -0.4 is 11.1 Å². The Kier molecular flexibility index (Phi) is 5.49. The van der Waals surface area contributed by atoms with Gasteiger partial charge in [-0.15, -0.1) is 0 Å². The van der Waals surface area contributed by atoms with Gasteiger partial charge in [0.25, 0.3) is 11.1 Å². The fourth-order valence-corrected chi connectivity index (χ4v) is 5.71. The van der Waals surface area contributed by atoms with Gasteiger partial charge in [-0.05, 0) is 77.4 Å². The number of benzene rings is 5. The molecule has 0 atom stereocenters. The molecule has 2 heterocycles. The third-order valence-corrected chi connectivity index (χ3v) is 7.64. The lowest BCUT2D eigenvalue weighted by molar-refractivity contribution is -0.137. The number of carboxylic acid groups (broad SMARTS) is 1. The third-order valence-electron chi connectivity index (χ3n) is 7.64. The van der Waals surface area contributed by atoms with Crippen LogP contribution in [0.25, 0.3) is 60.3 Å². The van der Waals surface area contributed by atoms with E-state index in [0.29, 0.717) is 40.3 Å². The number of carbonyl (C=O) groups is 1. The van der Waals surface area contributed by atoms with E-state index < -0.39 is 5.97 Å². The highest BCUT2D eigenvalue weighted by atomic mass is 16.4. The van der Waals surface area contributed by atoms with E-state index in [1.165, 1.54) is 4.57 Å². The quantitative estimate of drug-likeness (QED) is 0.188. The number of aryl methyl sites for hydroxylation is 1. The Morgan fingerprint density at radius 3 is 2.08 bits per heavy atom. The van der Waals surface area contributed by atoms with E-state index in [2.05, 4.69) is 18.2 Å². The topological polar surface area (TPSA) is 89.5 Å². The van der Waals surface area contributed by atoms with E-state index in [1.54, 1.807) is 30.3 Å². The summed E-state index contributed by atoms with van der Waals surface area (Å²) in [7, 11) is 0. The van der Waals surface area contributed by atoms with Crippen LogP contribution in [-0.2, 0) is 11.2 Å². The summed E-state index contributed by atoms with van der Waals surface area (Å²) in [6.07, 6.45) is 1.22. The standard InChI is InChI=1S/C34H23NO5/c36-30(37)8-4-5-20-9-12-23(13-10-20)35-33(38)25-15-14-24-27-19-22(21-6-2-1-3-7-21)11-17-28(27)40-29-18-16-26(34(35)39)31(25)32(24)29/h1-3,6-7,9-19H,4-5,8H2,(H,36,37). The van der Waals surface area contributed by atoms with Crippen LogP contribution in [0.1, 0.15) is 18.4 Å². The molecular weight excluding hydrogens is 502 g/mol. The fourth-order valence-electron chi connectivity index (χ4n) is 5.71. The van der Waals surface area contributed by atoms with Crippen molar-refractivity contribution in [3.8, 4) is 16.8 Å². The molecule has 0 saturated heterocycles. The maximum atomic E-state index is 13.8. The van der Waals surface area contributed by atoms with Crippen molar-refractivity contribution in [2.75, 3.05) is 0 Å². The van der Waals surface area contributed by atoms with Crippen molar-refractivity contribution in [2.45, 2.75) is 19.3 Å². The lowest BCUT2D eigenvalue weighted by Crippen LogP contribution is -2.31. The second kappa shape index (κ2) is 9.20. The molecule has 0 bridgehead atoms. The predicted molar refractivity (Wildman–Crippen MR) is 158 cm³/mol. The Morgan fingerprint density at radius 1 is 0.675 bits per heavy atom. The second-order valence-electron chi connectivity index (χ2n) is 10.1. The molecule has 0 aliphatic heterocycles. The minimum atomic E-state index is -0.828. The zero-order valence-electron chi connectivity index (χ0n) is 21.4. The van der Waals surface area contributed by atoms with Crippen molar-refractivity contribution in [1.82, 2.24) is 4.57 Å². The largest absolute Gasteiger partial charge is 0.481 e. The van der Waals surface area contributed by atoms with Crippen molar-refractivity contribution in [3.05, 3.63) is 123 Å². The molecule has 0 fully saturated rings. The summed E-state index contributed by atoms with van der Waals surface area (Å²) in [5.74, 6) is -0.828. The van der Waals surface area contributed by atoms with Gasteiger partial charge in [0.1, 0.15) is 11.2 Å². The van der Waals surface area contributed by atoms with Crippen molar-refractivity contribution in [1.29, 1.82) is 0 Å². The van der Waals surface area contributed by atoms with E-state index in [0.717, 1.165) is 38.4 Å². The van der Waals surface area contributed by atoms with E-state index in [9.17, 15) is 14.4 Å². The van der Waals surface area contributed by atoms with E-state index in [1.807, 2.05) is 48.5 Å². The lowest BCUT2D eigenvalue weighted by Gasteiger charge is -2.14. The van der Waals surface area contributed by atoms with E-state index in [4.69, 9.17) is 9.52 Å². The monoisotopic (exact) mass is 525 g/mol. The molecule has 0 spiro atoms. The van der Waals surface area contributed by atoms with Gasteiger partial charge >= 0.3 is 5.97 Å². The van der Waals surface area contributed by atoms with Crippen LogP contribution in [0.3, 0.4) is 0 Å². The van der Waals surface area contributed by atoms with Crippen LogP contribution in [0.5, 0.6) is 0 Å². The van der Waals surface area contributed by atoms with Gasteiger partial charge in [-0.1, -0.05) is 54.6 Å². The van der Waals surface area contributed by atoms with E-state index >= 15 is 0 Å². The molecule has 6 nitrogen and oxygen atoms in total. The molecule has 40 heavy (non-hydrogen) atoms. The molecule has 0 amide bonds. The first kappa shape index (κ1) is 23.9. The molecular formula is C34H23NO5. The molecule has 0 aliphatic carbocycles. The lowest BCUT2D eigenvalue weighted by atomic mass is 9.95. The molecule has 5 aromatic carbocycles. The number of fused-ring (bicyclic) bond motifs is 2. The number of aliphatic carboxylic acids is 1. The summed E-state index contributed by atoms with van der Waals surface area (Å²) in [5, 5.41) is 13.0. The van der Waals surface area contributed by atoms with Crippen molar-refractivity contribution in [2.24, 2.45) is 0 Å². The number of hydrogen-bond donors (Lipinski definition) is 1.